The van der Waals surface area contributed by atoms with E-state index in [1.165, 1.54) is 0 Å². The number of aliphatic imine (C=N–C) groups is 1. The number of fused-ring (bicyclic) bond motifs is 1. The molecule has 0 radical (unpaired) electrons. The van der Waals surface area contributed by atoms with Crippen LogP contribution < -0.4 is 0 Å². The minimum atomic E-state index is 0.0741. The normalized spacial score (nSPS) is 26.5. The Kier molecular flexibility index (Phi) is 1.38. The van der Waals surface area contributed by atoms with Crippen molar-refractivity contribution < 1.29 is 0 Å². The van der Waals surface area contributed by atoms with Crippen LogP contribution in [0.25, 0.3) is 0 Å². The maximum Gasteiger partial charge on any atom is 0.217 e. The van der Waals surface area contributed by atoms with Crippen LogP contribution in [0.5, 0.6) is 0 Å². The van der Waals surface area contributed by atoms with E-state index in [1.807, 2.05) is 17.4 Å². The fourth-order valence-corrected chi connectivity index (χ4v) is 1.20. The van der Waals surface area contributed by atoms with Crippen molar-refractivity contribution in [3.63, 3.8) is 0 Å². The molecule has 58 valence electrons. The zero-order chi connectivity index (χ0) is 7.68. The average Bonchev–Trinajstić information content (AvgIpc) is 2.47. The van der Waals surface area contributed by atoms with E-state index in [0.717, 1.165) is 6.54 Å². The van der Waals surface area contributed by atoms with Gasteiger partial charge in [0.1, 0.15) is 0 Å². The zero-order valence-electron chi connectivity index (χ0n) is 6.38. The summed E-state index contributed by atoms with van der Waals surface area (Å²) < 4.78 is 0. The molecule has 0 bridgehead atoms. The Labute approximate surface area is 65.5 Å². The third-order valence-electron chi connectivity index (χ3n) is 1.80. The molecule has 1 unspecified atom stereocenters. The summed E-state index contributed by atoms with van der Waals surface area (Å²) in [4.78, 5) is 6.38. The molecule has 2 heterocycles. The molecule has 0 saturated carbocycles. The van der Waals surface area contributed by atoms with Gasteiger partial charge in [-0.05, 0) is 6.92 Å². The van der Waals surface area contributed by atoms with Crippen molar-refractivity contribution >= 4 is 12.4 Å². The highest BCUT2D eigenvalue weighted by Crippen LogP contribution is 2.17. The van der Waals surface area contributed by atoms with Gasteiger partial charge in [0.25, 0.3) is 0 Å². The molecule has 2 rings (SSSR count). The van der Waals surface area contributed by atoms with Crippen molar-refractivity contribution in [2.75, 3.05) is 6.54 Å². The Morgan fingerprint density at radius 2 is 2.27 bits per heavy atom. The Morgan fingerprint density at radius 1 is 1.36 bits per heavy atom. The zero-order valence-corrected chi connectivity index (χ0v) is 6.38. The van der Waals surface area contributed by atoms with Crippen LogP contribution in [-0.2, 0) is 0 Å². The van der Waals surface area contributed by atoms with Crippen LogP contribution >= 0.6 is 0 Å². The first-order chi connectivity index (χ1) is 5.42. The molecule has 0 N–H and O–H groups in total. The van der Waals surface area contributed by atoms with Gasteiger partial charge >= 0.3 is 0 Å². The van der Waals surface area contributed by atoms with E-state index < -0.39 is 0 Å². The topological polar surface area (TPSA) is 31.2 Å². The fraction of sp³-hybridized carbons (Fsp3) is 0.429. The highest BCUT2D eigenvalue weighted by atomic mass is 15.6. The van der Waals surface area contributed by atoms with Gasteiger partial charge in [-0.2, -0.15) is 5.10 Å². The summed E-state index contributed by atoms with van der Waals surface area (Å²) >= 11 is 0. The van der Waals surface area contributed by atoms with E-state index in [-0.39, 0.29) is 6.29 Å². The van der Waals surface area contributed by atoms with E-state index in [1.54, 1.807) is 12.4 Å². The van der Waals surface area contributed by atoms with Gasteiger partial charge < -0.3 is 4.90 Å². The number of hydrazone groups is 1. The summed E-state index contributed by atoms with van der Waals surface area (Å²) in [5, 5.41) is 5.96. The quantitative estimate of drug-likeness (QED) is 0.543. The molecule has 4 nitrogen and oxygen atoms in total. The molecule has 0 aromatic carbocycles. The van der Waals surface area contributed by atoms with E-state index in [2.05, 4.69) is 21.9 Å². The molecule has 11 heavy (non-hydrogen) atoms. The second-order valence-corrected chi connectivity index (χ2v) is 2.42. The molecule has 0 saturated heterocycles. The van der Waals surface area contributed by atoms with Gasteiger partial charge in [0.05, 0.1) is 6.21 Å². The van der Waals surface area contributed by atoms with Crippen molar-refractivity contribution in [3.05, 3.63) is 12.4 Å². The van der Waals surface area contributed by atoms with Crippen LogP contribution in [0.4, 0.5) is 0 Å². The molecular formula is C7H10N4. The van der Waals surface area contributed by atoms with Gasteiger partial charge in [-0.25, -0.2) is 10.0 Å². The van der Waals surface area contributed by atoms with Crippen molar-refractivity contribution in [1.29, 1.82) is 0 Å². The molecule has 0 fully saturated rings. The summed E-state index contributed by atoms with van der Waals surface area (Å²) in [6, 6.07) is 0. The highest BCUT2D eigenvalue weighted by Gasteiger charge is 2.24. The number of hydrogen-bond donors (Lipinski definition) is 0. The van der Waals surface area contributed by atoms with Crippen molar-refractivity contribution in [1.82, 2.24) is 9.91 Å². The molecule has 4 heteroatoms. The van der Waals surface area contributed by atoms with E-state index in [9.17, 15) is 0 Å². The van der Waals surface area contributed by atoms with Gasteiger partial charge in [-0.15, -0.1) is 0 Å². The lowest BCUT2D eigenvalue weighted by Crippen LogP contribution is -2.35. The molecule has 0 aromatic heterocycles. The van der Waals surface area contributed by atoms with Crippen molar-refractivity contribution in [2.45, 2.75) is 13.2 Å². The second-order valence-electron chi connectivity index (χ2n) is 2.42. The Bertz CT molecular complexity index is 231. The van der Waals surface area contributed by atoms with E-state index in [0.29, 0.717) is 0 Å². The maximum atomic E-state index is 4.26. The minimum Gasteiger partial charge on any atom is -0.337 e. The molecular weight excluding hydrogens is 140 g/mol. The Balaban J connectivity index is 2.18. The van der Waals surface area contributed by atoms with Gasteiger partial charge in [0, 0.05) is 25.2 Å². The summed E-state index contributed by atoms with van der Waals surface area (Å²) in [5.41, 5.74) is 0. The summed E-state index contributed by atoms with van der Waals surface area (Å²) in [5.74, 6) is 0. The SMILES string of the molecule is CCN1C=CN2N=CC=NC12. The van der Waals surface area contributed by atoms with Crippen molar-refractivity contribution in [3.8, 4) is 0 Å². The molecule has 1 atom stereocenters. The van der Waals surface area contributed by atoms with Crippen molar-refractivity contribution in [2.24, 2.45) is 10.1 Å². The summed E-state index contributed by atoms with van der Waals surface area (Å²) in [7, 11) is 0. The minimum absolute atomic E-state index is 0.0741. The lowest BCUT2D eigenvalue weighted by molar-refractivity contribution is 0.170. The van der Waals surface area contributed by atoms with E-state index >= 15 is 0 Å². The lowest BCUT2D eigenvalue weighted by atomic mass is 10.6. The average molecular weight is 150 g/mol. The molecule has 2 aliphatic heterocycles. The molecule has 0 amide bonds. The van der Waals surface area contributed by atoms with Gasteiger partial charge in [0.2, 0.25) is 6.29 Å². The number of nitrogens with zero attached hydrogens (tertiary/aromatic N) is 4. The second kappa shape index (κ2) is 2.38. The van der Waals surface area contributed by atoms with Crippen LogP contribution in [0, 0.1) is 0 Å². The first-order valence-electron chi connectivity index (χ1n) is 3.70. The van der Waals surface area contributed by atoms with Gasteiger partial charge in [0.15, 0.2) is 0 Å². The van der Waals surface area contributed by atoms with E-state index in [4.69, 9.17) is 0 Å². The molecule has 0 spiro atoms. The molecule has 2 aliphatic rings. The van der Waals surface area contributed by atoms with Crippen LogP contribution in [0.15, 0.2) is 22.5 Å². The number of rotatable bonds is 1. The Morgan fingerprint density at radius 3 is 3.09 bits per heavy atom. The molecule has 0 aromatic rings. The predicted octanol–water partition coefficient (Wildman–Crippen LogP) is 0.449. The van der Waals surface area contributed by atoms with Crippen LogP contribution in [-0.4, -0.2) is 35.2 Å². The van der Waals surface area contributed by atoms with Crippen LogP contribution in [0.3, 0.4) is 0 Å². The first-order valence-corrected chi connectivity index (χ1v) is 3.70. The van der Waals surface area contributed by atoms with Gasteiger partial charge in [-0.1, -0.05) is 0 Å². The maximum absolute atomic E-state index is 4.26. The highest BCUT2D eigenvalue weighted by molar-refractivity contribution is 6.16. The third-order valence-corrected chi connectivity index (χ3v) is 1.80. The monoisotopic (exact) mass is 150 g/mol. The van der Waals surface area contributed by atoms with Crippen LogP contribution in [0.1, 0.15) is 6.92 Å². The summed E-state index contributed by atoms with van der Waals surface area (Å²) in [6.45, 7) is 3.06. The molecule has 0 aliphatic carbocycles. The first kappa shape index (κ1) is 6.39. The number of hydrogen-bond acceptors (Lipinski definition) is 4. The largest absolute Gasteiger partial charge is 0.337 e. The van der Waals surface area contributed by atoms with Crippen LogP contribution in [0.2, 0.25) is 0 Å². The standard InChI is InChI=1S/C7H10N4/c1-2-10-5-6-11-7(10)8-3-4-9-11/h3-7H,2H2,1H3. The third kappa shape index (κ3) is 0.906. The smallest absolute Gasteiger partial charge is 0.217 e. The summed E-state index contributed by atoms with van der Waals surface area (Å²) in [6.07, 6.45) is 7.44. The van der Waals surface area contributed by atoms with Gasteiger partial charge in [-0.3, -0.25) is 0 Å². The fourth-order valence-electron chi connectivity index (χ4n) is 1.20. The predicted molar refractivity (Wildman–Crippen MR) is 44.1 cm³/mol. The Hall–Kier alpha value is -1.32. The lowest BCUT2D eigenvalue weighted by Gasteiger charge is -2.26.